The first-order chi connectivity index (χ1) is 9.70. The van der Waals surface area contributed by atoms with Gasteiger partial charge in [-0.3, -0.25) is 4.79 Å². The van der Waals surface area contributed by atoms with Crippen LogP contribution < -0.4 is 4.74 Å². The lowest BCUT2D eigenvalue weighted by molar-refractivity contribution is -0.134. The second-order valence-electron chi connectivity index (χ2n) is 5.00. The van der Waals surface area contributed by atoms with Crippen LogP contribution in [-0.2, 0) is 4.79 Å². The summed E-state index contributed by atoms with van der Waals surface area (Å²) in [6.45, 7) is 1.00. The molecule has 1 aliphatic heterocycles. The minimum absolute atomic E-state index is 0.00501. The van der Waals surface area contributed by atoms with Gasteiger partial charge in [0.05, 0.1) is 0 Å². The summed E-state index contributed by atoms with van der Waals surface area (Å²) in [5, 5.41) is 9.48. The van der Waals surface area contributed by atoms with Crippen molar-refractivity contribution in [3.63, 3.8) is 0 Å². The molecule has 0 spiro atoms. The van der Waals surface area contributed by atoms with E-state index < -0.39 is 0 Å². The van der Waals surface area contributed by atoms with E-state index in [1.807, 2.05) is 4.90 Å². The van der Waals surface area contributed by atoms with Crippen molar-refractivity contribution in [2.45, 2.75) is 31.7 Å². The van der Waals surface area contributed by atoms with Crippen molar-refractivity contribution >= 4 is 17.5 Å². The lowest BCUT2D eigenvalue weighted by Gasteiger charge is -2.24. The van der Waals surface area contributed by atoms with Gasteiger partial charge in [-0.1, -0.05) is 17.7 Å². The number of amides is 1. The van der Waals surface area contributed by atoms with Gasteiger partial charge in [0.1, 0.15) is 5.75 Å². The van der Waals surface area contributed by atoms with E-state index in [-0.39, 0.29) is 25.2 Å². The van der Waals surface area contributed by atoms with Gasteiger partial charge in [-0.2, -0.15) is 0 Å². The van der Waals surface area contributed by atoms with Gasteiger partial charge >= 0.3 is 0 Å². The Labute approximate surface area is 124 Å². The molecule has 0 aromatic heterocycles. The molecule has 5 heteroatoms. The highest BCUT2D eigenvalue weighted by Gasteiger charge is 2.28. The third kappa shape index (κ3) is 4.12. The van der Waals surface area contributed by atoms with Crippen LogP contribution in [0.4, 0.5) is 0 Å². The fourth-order valence-electron chi connectivity index (χ4n) is 2.58. The number of aliphatic hydroxyl groups excluding tert-OH is 1. The minimum Gasteiger partial charge on any atom is -0.484 e. The zero-order valence-electron chi connectivity index (χ0n) is 11.4. The predicted molar refractivity (Wildman–Crippen MR) is 78.0 cm³/mol. The second-order valence-corrected chi connectivity index (χ2v) is 5.43. The standard InChI is InChI=1S/C15H20ClNO3/c16-12-4-1-7-14(10-12)20-11-15(19)17-8-2-5-13(17)6-3-9-18/h1,4,7,10,13,18H,2-3,5-6,8-9,11H2. The maximum Gasteiger partial charge on any atom is 0.260 e. The van der Waals surface area contributed by atoms with Crippen molar-refractivity contribution in [2.24, 2.45) is 0 Å². The molecule has 1 atom stereocenters. The van der Waals surface area contributed by atoms with Gasteiger partial charge in [0.2, 0.25) is 0 Å². The number of hydrogen-bond acceptors (Lipinski definition) is 3. The SMILES string of the molecule is O=C(COc1cccc(Cl)c1)N1CCCC1CCCO. The molecule has 2 rings (SSSR count). The minimum atomic E-state index is 0.00501. The average Bonchev–Trinajstić information content (AvgIpc) is 2.91. The number of nitrogens with zero attached hydrogens (tertiary/aromatic N) is 1. The first kappa shape index (κ1) is 15.1. The van der Waals surface area contributed by atoms with Crippen LogP contribution in [0.15, 0.2) is 24.3 Å². The number of halogens is 1. The Balaban J connectivity index is 1.84. The monoisotopic (exact) mass is 297 g/mol. The molecule has 1 amide bonds. The number of rotatable bonds is 6. The average molecular weight is 298 g/mol. The van der Waals surface area contributed by atoms with Crippen molar-refractivity contribution in [3.8, 4) is 5.75 Å². The van der Waals surface area contributed by atoms with Gasteiger partial charge in [-0.05, 0) is 43.9 Å². The summed E-state index contributed by atoms with van der Waals surface area (Å²) in [6, 6.07) is 7.29. The fraction of sp³-hybridized carbons (Fsp3) is 0.533. The molecule has 0 radical (unpaired) electrons. The zero-order valence-corrected chi connectivity index (χ0v) is 12.2. The van der Waals surface area contributed by atoms with Gasteiger partial charge < -0.3 is 14.7 Å². The summed E-state index contributed by atoms with van der Waals surface area (Å²) in [5.41, 5.74) is 0. The normalized spacial score (nSPS) is 18.3. The van der Waals surface area contributed by atoms with E-state index in [2.05, 4.69) is 0 Å². The summed E-state index contributed by atoms with van der Waals surface area (Å²) in [6.07, 6.45) is 3.64. The molecule has 0 aliphatic carbocycles. The van der Waals surface area contributed by atoms with E-state index in [0.29, 0.717) is 10.8 Å². The highest BCUT2D eigenvalue weighted by Crippen LogP contribution is 2.22. The molecule has 1 aliphatic rings. The molecule has 0 bridgehead atoms. The second kappa shape index (κ2) is 7.50. The summed E-state index contributed by atoms with van der Waals surface area (Å²) >= 11 is 5.87. The summed E-state index contributed by atoms with van der Waals surface area (Å²) < 4.78 is 5.49. The molecule has 110 valence electrons. The predicted octanol–water partition coefficient (Wildman–Crippen LogP) is 2.48. The molecule has 1 aromatic rings. The molecule has 1 fully saturated rings. The van der Waals surface area contributed by atoms with Crippen LogP contribution in [0.1, 0.15) is 25.7 Å². The highest BCUT2D eigenvalue weighted by molar-refractivity contribution is 6.30. The molecular formula is C15H20ClNO3. The van der Waals surface area contributed by atoms with Crippen LogP contribution in [0.3, 0.4) is 0 Å². The van der Waals surface area contributed by atoms with E-state index in [0.717, 1.165) is 32.2 Å². The number of hydrogen-bond donors (Lipinski definition) is 1. The van der Waals surface area contributed by atoms with Gasteiger partial charge in [0, 0.05) is 24.2 Å². The van der Waals surface area contributed by atoms with Crippen LogP contribution in [0.25, 0.3) is 0 Å². The van der Waals surface area contributed by atoms with E-state index in [4.69, 9.17) is 21.4 Å². The van der Waals surface area contributed by atoms with E-state index >= 15 is 0 Å². The van der Waals surface area contributed by atoms with Gasteiger partial charge in [0.25, 0.3) is 5.91 Å². The number of aliphatic hydroxyl groups is 1. The lowest BCUT2D eigenvalue weighted by atomic mass is 10.1. The number of carbonyl (C=O) groups excluding carboxylic acids is 1. The summed E-state index contributed by atoms with van der Waals surface area (Å²) in [7, 11) is 0. The quantitative estimate of drug-likeness (QED) is 0.877. The Morgan fingerprint density at radius 1 is 1.50 bits per heavy atom. The maximum atomic E-state index is 12.2. The van der Waals surface area contributed by atoms with Crippen LogP contribution in [0.2, 0.25) is 5.02 Å². The van der Waals surface area contributed by atoms with Gasteiger partial charge in [0.15, 0.2) is 6.61 Å². The molecule has 0 saturated carbocycles. The third-order valence-corrected chi connectivity index (χ3v) is 3.79. The lowest BCUT2D eigenvalue weighted by Crippen LogP contribution is -2.38. The van der Waals surface area contributed by atoms with E-state index in [9.17, 15) is 4.79 Å². The molecule has 4 nitrogen and oxygen atoms in total. The molecule has 1 heterocycles. The first-order valence-electron chi connectivity index (χ1n) is 6.99. The number of ether oxygens (including phenoxy) is 1. The van der Waals surface area contributed by atoms with Crippen LogP contribution in [0.5, 0.6) is 5.75 Å². The molecule has 1 saturated heterocycles. The van der Waals surface area contributed by atoms with E-state index in [1.54, 1.807) is 24.3 Å². The topological polar surface area (TPSA) is 49.8 Å². The number of carbonyl (C=O) groups is 1. The van der Waals surface area contributed by atoms with Crippen LogP contribution in [0, 0.1) is 0 Å². The van der Waals surface area contributed by atoms with Crippen molar-refractivity contribution < 1.29 is 14.6 Å². The van der Waals surface area contributed by atoms with E-state index in [1.165, 1.54) is 0 Å². The van der Waals surface area contributed by atoms with Crippen LogP contribution >= 0.6 is 11.6 Å². The molecule has 1 aromatic carbocycles. The van der Waals surface area contributed by atoms with Crippen molar-refractivity contribution in [3.05, 3.63) is 29.3 Å². The molecular weight excluding hydrogens is 278 g/mol. The maximum absolute atomic E-state index is 12.2. The highest BCUT2D eigenvalue weighted by atomic mass is 35.5. The Morgan fingerprint density at radius 2 is 2.35 bits per heavy atom. The first-order valence-corrected chi connectivity index (χ1v) is 7.37. The Bertz CT molecular complexity index is 452. The molecule has 1 N–H and O–H groups in total. The van der Waals surface area contributed by atoms with Crippen molar-refractivity contribution in [2.75, 3.05) is 19.8 Å². The Hall–Kier alpha value is -1.26. The fourth-order valence-corrected chi connectivity index (χ4v) is 2.76. The number of likely N-dealkylation sites (tertiary alicyclic amines) is 1. The molecule has 1 unspecified atom stereocenters. The van der Waals surface area contributed by atoms with Gasteiger partial charge in [-0.15, -0.1) is 0 Å². The smallest absolute Gasteiger partial charge is 0.260 e. The van der Waals surface area contributed by atoms with Crippen molar-refractivity contribution in [1.29, 1.82) is 0 Å². The summed E-state index contributed by atoms with van der Waals surface area (Å²) in [5.74, 6) is 0.613. The zero-order chi connectivity index (χ0) is 14.4. The van der Waals surface area contributed by atoms with Crippen molar-refractivity contribution in [1.82, 2.24) is 4.90 Å². The number of benzene rings is 1. The Kier molecular flexibility index (Phi) is 5.68. The van der Waals surface area contributed by atoms with Crippen LogP contribution in [-0.4, -0.2) is 41.7 Å². The summed E-state index contributed by atoms with van der Waals surface area (Å²) in [4.78, 5) is 14.1. The third-order valence-electron chi connectivity index (χ3n) is 3.55. The largest absolute Gasteiger partial charge is 0.484 e. The van der Waals surface area contributed by atoms with Gasteiger partial charge in [-0.25, -0.2) is 0 Å². The Morgan fingerprint density at radius 3 is 3.10 bits per heavy atom. The molecule has 20 heavy (non-hydrogen) atoms.